The van der Waals surface area contributed by atoms with Crippen LogP contribution in [0.1, 0.15) is 25.5 Å². The van der Waals surface area contributed by atoms with Crippen molar-refractivity contribution in [2.75, 3.05) is 24.5 Å². The largest absolute Gasteiger partial charge is 0.354 e. The summed E-state index contributed by atoms with van der Waals surface area (Å²) in [5.74, 6) is -0.106. The molecule has 0 saturated carbocycles. The fourth-order valence-electron chi connectivity index (χ4n) is 1.94. The molecule has 0 radical (unpaired) electrons. The number of nitrogens with two attached hydrogens (primary N) is 1. The van der Waals surface area contributed by atoms with Gasteiger partial charge in [0.1, 0.15) is 0 Å². The summed E-state index contributed by atoms with van der Waals surface area (Å²) in [5.41, 5.74) is 6.52. The number of rotatable bonds is 5. The normalized spacial score (nSPS) is 16.0. The van der Waals surface area contributed by atoms with E-state index in [0.29, 0.717) is 6.54 Å². The van der Waals surface area contributed by atoms with Crippen molar-refractivity contribution in [2.24, 2.45) is 5.73 Å². The van der Waals surface area contributed by atoms with Crippen LogP contribution in [0.5, 0.6) is 0 Å². The number of thiazole rings is 1. The van der Waals surface area contributed by atoms with Gasteiger partial charge < -0.3 is 16.0 Å². The summed E-state index contributed by atoms with van der Waals surface area (Å²) in [6.45, 7) is 4.52. The van der Waals surface area contributed by atoms with Gasteiger partial charge >= 0.3 is 0 Å². The first-order chi connectivity index (χ1) is 8.66. The molecule has 108 valence electrons. The Morgan fingerprint density at radius 1 is 1.58 bits per heavy atom. The summed E-state index contributed by atoms with van der Waals surface area (Å²) in [7, 11) is 0. The standard InChI is InChI=1S/C12H20N4OS.ClH/c1-9(13)11(17)14-5-4-10-8-18-12(15-10)16-6-2-3-7-16;/h8-9H,2-7,13H2,1H3,(H,14,17);1H. The minimum atomic E-state index is -0.444. The fraction of sp³-hybridized carbons (Fsp3) is 0.667. The van der Waals surface area contributed by atoms with E-state index in [2.05, 4.69) is 20.6 Å². The van der Waals surface area contributed by atoms with Crippen LogP contribution >= 0.6 is 23.7 Å². The van der Waals surface area contributed by atoms with Gasteiger partial charge in [-0.05, 0) is 19.8 Å². The Bertz CT molecular complexity index is 404. The SMILES string of the molecule is CC(N)C(=O)NCCc1csc(N2CCCC2)n1.Cl. The number of amides is 1. The third-order valence-corrected chi connectivity index (χ3v) is 3.96. The highest BCUT2D eigenvalue weighted by atomic mass is 35.5. The lowest BCUT2D eigenvalue weighted by atomic mass is 10.3. The monoisotopic (exact) mass is 304 g/mol. The van der Waals surface area contributed by atoms with E-state index < -0.39 is 6.04 Å². The van der Waals surface area contributed by atoms with E-state index in [1.165, 1.54) is 12.8 Å². The molecule has 2 rings (SSSR count). The molecule has 3 N–H and O–H groups in total. The summed E-state index contributed by atoms with van der Waals surface area (Å²) in [5, 5.41) is 5.98. The smallest absolute Gasteiger partial charge is 0.236 e. The van der Waals surface area contributed by atoms with Gasteiger partial charge in [-0.15, -0.1) is 23.7 Å². The Kier molecular flexibility index (Phi) is 6.54. The molecule has 19 heavy (non-hydrogen) atoms. The van der Waals surface area contributed by atoms with Crippen LogP contribution in [-0.2, 0) is 11.2 Å². The summed E-state index contributed by atoms with van der Waals surface area (Å²) in [4.78, 5) is 18.2. The van der Waals surface area contributed by atoms with E-state index in [0.717, 1.165) is 30.3 Å². The fourth-order valence-corrected chi connectivity index (χ4v) is 2.85. The maximum absolute atomic E-state index is 11.3. The van der Waals surface area contributed by atoms with Crippen molar-refractivity contribution < 1.29 is 4.79 Å². The predicted octanol–water partition coefficient (Wildman–Crippen LogP) is 1.17. The summed E-state index contributed by atoms with van der Waals surface area (Å²) < 4.78 is 0. The second-order valence-electron chi connectivity index (χ2n) is 4.65. The van der Waals surface area contributed by atoms with Crippen molar-refractivity contribution >= 4 is 34.8 Å². The van der Waals surface area contributed by atoms with E-state index in [4.69, 9.17) is 5.73 Å². The van der Waals surface area contributed by atoms with Crippen LogP contribution in [0.15, 0.2) is 5.38 Å². The Labute approximate surface area is 124 Å². The van der Waals surface area contributed by atoms with E-state index in [9.17, 15) is 4.79 Å². The Hall–Kier alpha value is -0.850. The molecule has 1 aliphatic heterocycles. The van der Waals surface area contributed by atoms with E-state index in [1.54, 1.807) is 18.3 Å². The van der Waals surface area contributed by atoms with Crippen molar-refractivity contribution in [3.05, 3.63) is 11.1 Å². The molecule has 1 fully saturated rings. The van der Waals surface area contributed by atoms with Crippen molar-refractivity contribution in [1.82, 2.24) is 10.3 Å². The van der Waals surface area contributed by atoms with Crippen molar-refractivity contribution in [2.45, 2.75) is 32.2 Å². The number of nitrogens with one attached hydrogen (secondary N) is 1. The van der Waals surface area contributed by atoms with Crippen molar-refractivity contribution in [1.29, 1.82) is 0 Å². The van der Waals surface area contributed by atoms with Crippen LogP contribution in [0.25, 0.3) is 0 Å². The van der Waals surface area contributed by atoms with Crippen LogP contribution in [0.3, 0.4) is 0 Å². The topological polar surface area (TPSA) is 71.2 Å². The number of nitrogens with zero attached hydrogens (tertiary/aromatic N) is 2. The lowest BCUT2D eigenvalue weighted by molar-refractivity contribution is -0.121. The third-order valence-electron chi connectivity index (χ3n) is 3.01. The van der Waals surface area contributed by atoms with E-state index in [1.807, 2.05) is 0 Å². The van der Waals surface area contributed by atoms with Gasteiger partial charge in [-0.2, -0.15) is 0 Å². The molecule has 1 amide bonds. The predicted molar refractivity (Wildman–Crippen MR) is 81.2 cm³/mol. The number of aromatic nitrogens is 1. The number of hydrogen-bond acceptors (Lipinski definition) is 5. The average Bonchev–Trinajstić information content (AvgIpc) is 2.98. The zero-order valence-corrected chi connectivity index (χ0v) is 12.7. The Balaban J connectivity index is 0.00000180. The molecular weight excluding hydrogens is 284 g/mol. The Morgan fingerprint density at radius 3 is 2.89 bits per heavy atom. The highest BCUT2D eigenvalue weighted by molar-refractivity contribution is 7.13. The number of hydrogen-bond donors (Lipinski definition) is 2. The molecule has 1 aliphatic rings. The van der Waals surface area contributed by atoms with Crippen LogP contribution in [0, 0.1) is 0 Å². The van der Waals surface area contributed by atoms with Crippen molar-refractivity contribution in [3.63, 3.8) is 0 Å². The Morgan fingerprint density at radius 2 is 2.26 bits per heavy atom. The van der Waals surface area contributed by atoms with Gasteiger partial charge in [0.25, 0.3) is 0 Å². The molecular formula is C12H21ClN4OS. The summed E-state index contributed by atoms with van der Waals surface area (Å²) in [6, 6.07) is -0.444. The number of carbonyl (C=O) groups is 1. The molecule has 0 aliphatic carbocycles. The first-order valence-electron chi connectivity index (χ1n) is 6.39. The maximum atomic E-state index is 11.3. The van der Waals surface area contributed by atoms with Crippen LogP contribution in [-0.4, -0.2) is 36.6 Å². The van der Waals surface area contributed by atoms with Crippen molar-refractivity contribution in [3.8, 4) is 0 Å². The van der Waals surface area contributed by atoms with Gasteiger partial charge in [-0.25, -0.2) is 4.98 Å². The quantitative estimate of drug-likeness (QED) is 0.857. The highest BCUT2D eigenvalue weighted by Crippen LogP contribution is 2.24. The van der Waals surface area contributed by atoms with Gasteiger partial charge in [0.05, 0.1) is 11.7 Å². The molecule has 1 aromatic heterocycles. The lowest BCUT2D eigenvalue weighted by Gasteiger charge is -2.12. The number of anilines is 1. The van der Waals surface area contributed by atoms with Crippen LogP contribution < -0.4 is 16.0 Å². The second kappa shape index (κ2) is 7.67. The first kappa shape index (κ1) is 16.2. The van der Waals surface area contributed by atoms with E-state index in [-0.39, 0.29) is 18.3 Å². The third kappa shape index (κ3) is 4.63. The number of halogens is 1. The molecule has 1 aromatic rings. The molecule has 1 saturated heterocycles. The van der Waals surface area contributed by atoms with Gasteiger partial charge in [-0.1, -0.05) is 0 Å². The van der Waals surface area contributed by atoms with Crippen LogP contribution in [0.4, 0.5) is 5.13 Å². The van der Waals surface area contributed by atoms with E-state index >= 15 is 0 Å². The zero-order chi connectivity index (χ0) is 13.0. The highest BCUT2D eigenvalue weighted by Gasteiger charge is 2.15. The zero-order valence-electron chi connectivity index (χ0n) is 11.1. The maximum Gasteiger partial charge on any atom is 0.236 e. The summed E-state index contributed by atoms with van der Waals surface area (Å²) in [6.07, 6.45) is 3.29. The summed E-state index contributed by atoms with van der Waals surface area (Å²) >= 11 is 1.69. The van der Waals surface area contributed by atoms with Gasteiger partial charge in [0.15, 0.2) is 5.13 Å². The van der Waals surface area contributed by atoms with Crippen LogP contribution in [0.2, 0.25) is 0 Å². The molecule has 1 unspecified atom stereocenters. The first-order valence-corrected chi connectivity index (χ1v) is 7.27. The molecule has 5 nitrogen and oxygen atoms in total. The molecule has 7 heteroatoms. The van der Waals surface area contributed by atoms with Gasteiger partial charge in [-0.3, -0.25) is 4.79 Å². The molecule has 1 atom stereocenters. The average molecular weight is 305 g/mol. The lowest BCUT2D eigenvalue weighted by Crippen LogP contribution is -2.39. The minimum Gasteiger partial charge on any atom is -0.354 e. The second-order valence-corrected chi connectivity index (χ2v) is 5.48. The molecule has 0 bridgehead atoms. The molecule has 2 heterocycles. The molecule has 0 spiro atoms. The molecule has 0 aromatic carbocycles. The number of carbonyl (C=O) groups excluding carboxylic acids is 1. The van der Waals surface area contributed by atoms with Gasteiger partial charge in [0.2, 0.25) is 5.91 Å². The minimum absolute atomic E-state index is 0. The van der Waals surface area contributed by atoms with Gasteiger partial charge in [0, 0.05) is 31.4 Å².